The van der Waals surface area contributed by atoms with E-state index in [9.17, 15) is 18.4 Å². The number of nitrogens with one attached hydrogen (secondary N) is 2. The number of alkyl halides is 2. The van der Waals surface area contributed by atoms with Crippen molar-refractivity contribution in [3.05, 3.63) is 51.6 Å². The number of carbonyl (C=O) groups excluding carboxylic acids is 1. The fourth-order valence-electron chi connectivity index (χ4n) is 3.87. The highest BCUT2D eigenvalue weighted by atomic mass is 19.3. The van der Waals surface area contributed by atoms with Crippen LogP contribution in [0.2, 0.25) is 0 Å². The van der Waals surface area contributed by atoms with Gasteiger partial charge < -0.3 is 15.2 Å². The number of carbonyl (C=O) groups is 1. The lowest BCUT2D eigenvalue weighted by atomic mass is 10.1. The first-order valence-electron chi connectivity index (χ1n) is 9.57. The molecule has 3 heterocycles. The van der Waals surface area contributed by atoms with Gasteiger partial charge in [0.1, 0.15) is 5.82 Å². The Kier molecular flexibility index (Phi) is 4.87. The maximum atomic E-state index is 13.8. The summed E-state index contributed by atoms with van der Waals surface area (Å²) in [7, 11) is 0. The third-order valence-corrected chi connectivity index (χ3v) is 5.33. The van der Waals surface area contributed by atoms with E-state index in [4.69, 9.17) is 4.98 Å². The fraction of sp³-hybridized carbons (Fsp3) is 0.450. The lowest BCUT2D eigenvalue weighted by Gasteiger charge is -2.25. The Balaban J connectivity index is 1.67. The van der Waals surface area contributed by atoms with Crippen molar-refractivity contribution in [3.8, 4) is 0 Å². The van der Waals surface area contributed by atoms with E-state index < -0.39 is 5.92 Å². The number of hydrogen-bond donors (Lipinski definition) is 2. The first-order chi connectivity index (χ1) is 13.4. The van der Waals surface area contributed by atoms with Crippen LogP contribution in [0.4, 0.5) is 20.3 Å². The van der Waals surface area contributed by atoms with Gasteiger partial charge in [0.15, 0.2) is 0 Å². The Morgan fingerprint density at radius 1 is 1.18 bits per heavy atom. The molecular weight excluding hydrogens is 366 g/mol. The molecule has 148 valence electrons. The Labute approximate surface area is 161 Å². The smallest absolute Gasteiger partial charge is 0.259 e. The van der Waals surface area contributed by atoms with Gasteiger partial charge in [0.25, 0.3) is 5.91 Å². The monoisotopic (exact) mass is 388 g/mol. The number of H-pyrrole nitrogens is 1. The lowest BCUT2D eigenvalue weighted by molar-refractivity contribution is -0.0102. The van der Waals surface area contributed by atoms with Gasteiger partial charge in [-0.2, -0.15) is 0 Å². The SMILES string of the molecule is O=C(Nc1cc[nH]c(=O)c1)c1cc2c(nc1N1CCCC(F)(F)CC1)CCC2. The van der Waals surface area contributed by atoms with Crippen molar-refractivity contribution >= 4 is 17.4 Å². The van der Waals surface area contributed by atoms with Crippen LogP contribution >= 0.6 is 0 Å². The van der Waals surface area contributed by atoms with Crippen molar-refractivity contribution < 1.29 is 13.6 Å². The van der Waals surface area contributed by atoms with E-state index in [-0.39, 0.29) is 30.9 Å². The topological polar surface area (TPSA) is 78.1 Å². The van der Waals surface area contributed by atoms with Gasteiger partial charge in [-0.15, -0.1) is 0 Å². The Hall–Kier alpha value is -2.77. The number of nitrogens with zero attached hydrogens (tertiary/aromatic N) is 2. The van der Waals surface area contributed by atoms with Crippen LogP contribution in [0.3, 0.4) is 0 Å². The molecule has 0 spiro atoms. The van der Waals surface area contributed by atoms with Gasteiger partial charge in [-0.1, -0.05) is 0 Å². The molecule has 2 aromatic rings. The van der Waals surface area contributed by atoms with Gasteiger partial charge in [-0.3, -0.25) is 9.59 Å². The van der Waals surface area contributed by atoms with Gasteiger partial charge in [-0.05, 0) is 43.4 Å². The number of aromatic nitrogens is 2. The minimum Gasteiger partial charge on any atom is -0.356 e. The Morgan fingerprint density at radius 3 is 2.86 bits per heavy atom. The highest BCUT2D eigenvalue weighted by Gasteiger charge is 2.33. The zero-order valence-corrected chi connectivity index (χ0v) is 15.4. The molecule has 28 heavy (non-hydrogen) atoms. The van der Waals surface area contributed by atoms with Crippen LogP contribution < -0.4 is 15.8 Å². The summed E-state index contributed by atoms with van der Waals surface area (Å²) in [5.74, 6) is -2.61. The fourth-order valence-corrected chi connectivity index (χ4v) is 3.87. The van der Waals surface area contributed by atoms with Crippen molar-refractivity contribution in [1.82, 2.24) is 9.97 Å². The third kappa shape index (κ3) is 3.90. The van der Waals surface area contributed by atoms with E-state index in [1.54, 1.807) is 11.0 Å². The molecular formula is C20H22F2N4O2. The lowest BCUT2D eigenvalue weighted by Crippen LogP contribution is -2.30. The van der Waals surface area contributed by atoms with E-state index in [0.717, 1.165) is 30.5 Å². The van der Waals surface area contributed by atoms with Gasteiger partial charge in [-0.25, -0.2) is 13.8 Å². The summed E-state index contributed by atoms with van der Waals surface area (Å²) >= 11 is 0. The van der Waals surface area contributed by atoms with Crippen LogP contribution in [0, 0.1) is 0 Å². The Morgan fingerprint density at radius 2 is 2.04 bits per heavy atom. The quantitative estimate of drug-likeness (QED) is 0.847. The summed E-state index contributed by atoms with van der Waals surface area (Å²) in [4.78, 5) is 33.4. The van der Waals surface area contributed by atoms with E-state index in [1.807, 2.05) is 6.07 Å². The number of amides is 1. The largest absolute Gasteiger partial charge is 0.356 e. The highest BCUT2D eigenvalue weighted by molar-refractivity contribution is 6.07. The molecule has 0 atom stereocenters. The highest BCUT2D eigenvalue weighted by Crippen LogP contribution is 2.33. The number of fused-ring (bicyclic) bond motifs is 1. The van der Waals surface area contributed by atoms with Crippen molar-refractivity contribution in [2.24, 2.45) is 0 Å². The molecule has 4 rings (SSSR count). The first-order valence-corrected chi connectivity index (χ1v) is 9.57. The number of pyridine rings is 2. The molecule has 2 aromatic heterocycles. The minimum atomic E-state index is -2.68. The number of aromatic amines is 1. The Bertz CT molecular complexity index is 957. The average molecular weight is 388 g/mol. The van der Waals surface area contributed by atoms with Crippen LogP contribution in [0.5, 0.6) is 0 Å². The molecule has 1 fully saturated rings. The number of anilines is 2. The molecule has 0 saturated carbocycles. The second-order valence-electron chi connectivity index (χ2n) is 7.41. The molecule has 0 unspecified atom stereocenters. The van der Waals surface area contributed by atoms with E-state index >= 15 is 0 Å². The van der Waals surface area contributed by atoms with Gasteiger partial charge in [0, 0.05) is 49.6 Å². The van der Waals surface area contributed by atoms with Crippen LogP contribution in [0.25, 0.3) is 0 Å². The van der Waals surface area contributed by atoms with E-state index in [0.29, 0.717) is 30.0 Å². The molecule has 1 amide bonds. The van der Waals surface area contributed by atoms with Crippen LogP contribution in [-0.2, 0) is 12.8 Å². The molecule has 0 aromatic carbocycles. The molecule has 1 aliphatic heterocycles. The molecule has 2 N–H and O–H groups in total. The summed E-state index contributed by atoms with van der Waals surface area (Å²) in [6.45, 7) is 0.594. The number of aryl methyl sites for hydroxylation is 2. The maximum Gasteiger partial charge on any atom is 0.259 e. The second-order valence-corrected chi connectivity index (χ2v) is 7.41. The number of halogens is 2. The number of hydrogen-bond acceptors (Lipinski definition) is 4. The minimum absolute atomic E-state index is 0.150. The van der Waals surface area contributed by atoms with Crippen molar-refractivity contribution in [2.75, 3.05) is 23.3 Å². The predicted molar refractivity (Wildman–Crippen MR) is 102 cm³/mol. The van der Waals surface area contributed by atoms with Crippen molar-refractivity contribution in [3.63, 3.8) is 0 Å². The number of rotatable bonds is 3. The summed E-state index contributed by atoms with van der Waals surface area (Å²) in [6, 6.07) is 4.72. The molecule has 0 bridgehead atoms. The normalized spacial score (nSPS) is 18.4. The van der Waals surface area contributed by atoms with Gasteiger partial charge in [0.05, 0.1) is 5.56 Å². The van der Waals surface area contributed by atoms with Gasteiger partial charge >= 0.3 is 0 Å². The van der Waals surface area contributed by atoms with Crippen LogP contribution in [0.15, 0.2) is 29.2 Å². The molecule has 0 radical (unpaired) electrons. The van der Waals surface area contributed by atoms with E-state index in [2.05, 4.69) is 10.3 Å². The van der Waals surface area contributed by atoms with Crippen LogP contribution in [0.1, 0.15) is 47.3 Å². The molecule has 2 aliphatic rings. The molecule has 1 aliphatic carbocycles. The molecule has 8 heteroatoms. The van der Waals surface area contributed by atoms with Gasteiger partial charge in [0.2, 0.25) is 11.5 Å². The maximum absolute atomic E-state index is 13.8. The summed E-state index contributed by atoms with van der Waals surface area (Å²) in [5.41, 5.74) is 2.40. The molecule has 6 nitrogen and oxygen atoms in total. The second kappa shape index (κ2) is 7.33. The molecule has 1 saturated heterocycles. The zero-order chi connectivity index (χ0) is 19.7. The van der Waals surface area contributed by atoms with Crippen molar-refractivity contribution in [1.29, 1.82) is 0 Å². The van der Waals surface area contributed by atoms with Crippen molar-refractivity contribution in [2.45, 2.75) is 44.4 Å². The predicted octanol–water partition coefficient (Wildman–Crippen LogP) is 3.14. The first kappa shape index (κ1) is 18.6. The van der Waals surface area contributed by atoms with Crippen LogP contribution in [-0.4, -0.2) is 34.9 Å². The standard InChI is InChI=1S/C20H22F2N4O2/c21-20(22)6-2-9-26(10-7-20)18-15(11-13-3-1-4-16(13)25-18)19(28)24-14-5-8-23-17(27)12-14/h5,8,11-12H,1-4,6-7,9-10H2,(H2,23,24,27,28). The third-order valence-electron chi connectivity index (χ3n) is 5.33. The average Bonchev–Trinajstić information content (AvgIpc) is 3.03. The van der Waals surface area contributed by atoms with E-state index in [1.165, 1.54) is 12.3 Å². The summed E-state index contributed by atoms with van der Waals surface area (Å²) in [5, 5.41) is 2.73. The summed E-state index contributed by atoms with van der Waals surface area (Å²) < 4.78 is 27.6. The summed E-state index contributed by atoms with van der Waals surface area (Å²) in [6.07, 6.45) is 4.06. The zero-order valence-electron chi connectivity index (χ0n) is 15.4.